The van der Waals surface area contributed by atoms with Crippen molar-refractivity contribution in [2.45, 2.75) is 26.0 Å². The van der Waals surface area contributed by atoms with Gasteiger partial charge in [-0.3, -0.25) is 4.79 Å². The minimum absolute atomic E-state index is 0.0619. The van der Waals surface area contributed by atoms with E-state index in [1.54, 1.807) is 6.92 Å². The van der Waals surface area contributed by atoms with Crippen LogP contribution in [-0.4, -0.2) is 12.0 Å². The summed E-state index contributed by atoms with van der Waals surface area (Å²) in [6.45, 7) is 3.69. The zero-order valence-electron chi connectivity index (χ0n) is 12.3. The van der Waals surface area contributed by atoms with Gasteiger partial charge in [-0.25, -0.2) is 0 Å². The highest BCUT2D eigenvalue weighted by Gasteiger charge is 2.18. The lowest BCUT2D eigenvalue weighted by Crippen LogP contribution is -2.37. The Morgan fingerprint density at radius 3 is 2.41 bits per heavy atom. The molecule has 2 atom stereocenters. The fourth-order valence-electron chi connectivity index (χ4n) is 1.97. The third kappa shape index (κ3) is 4.58. The quantitative estimate of drug-likeness (QED) is 0.741. The van der Waals surface area contributed by atoms with Gasteiger partial charge in [-0.15, -0.1) is 0 Å². The predicted molar refractivity (Wildman–Crippen MR) is 94.9 cm³/mol. The van der Waals surface area contributed by atoms with E-state index in [9.17, 15) is 4.79 Å². The van der Waals surface area contributed by atoms with Crippen LogP contribution in [0.4, 0.5) is 0 Å². The molecular formula is C17H17Br2NO2. The van der Waals surface area contributed by atoms with Crippen LogP contribution in [0.3, 0.4) is 0 Å². The molecule has 0 radical (unpaired) electrons. The minimum Gasteiger partial charge on any atom is -0.480 e. The Bertz CT molecular complexity index is 646. The first-order chi connectivity index (χ1) is 10.5. The molecule has 1 N–H and O–H groups in total. The molecule has 5 heteroatoms. The number of carbonyl (C=O) groups excluding carboxylic acids is 1. The van der Waals surface area contributed by atoms with Crippen molar-refractivity contribution in [3.63, 3.8) is 0 Å². The van der Waals surface area contributed by atoms with Crippen LogP contribution in [-0.2, 0) is 4.79 Å². The van der Waals surface area contributed by atoms with Gasteiger partial charge in [-0.1, -0.05) is 46.3 Å². The lowest BCUT2D eigenvalue weighted by atomic mass is 10.1. The Labute approximate surface area is 147 Å². The second-order valence-corrected chi connectivity index (χ2v) is 6.75. The lowest BCUT2D eigenvalue weighted by Gasteiger charge is -2.19. The highest BCUT2D eigenvalue weighted by atomic mass is 79.9. The molecule has 22 heavy (non-hydrogen) atoms. The van der Waals surface area contributed by atoms with Gasteiger partial charge in [0.1, 0.15) is 5.75 Å². The maximum Gasteiger partial charge on any atom is 0.261 e. The Hall–Kier alpha value is -1.33. The van der Waals surface area contributed by atoms with Gasteiger partial charge in [0.2, 0.25) is 0 Å². The average molecular weight is 427 g/mol. The molecule has 0 bridgehead atoms. The summed E-state index contributed by atoms with van der Waals surface area (Å²) in [7, 11) is 0. The van der Waals surface area contributed by atoms with E-state index in [1.165, 1.54) is 0 Å². The molecule has 0 heterocycles. The summed E-state index contributed by atoms with van der Waals surface area (Å²) in [6.07, 6.45) is -0.580. The van der Waals surface area contributed by atoms with Crippen molar-refractivity contribution in [1.29, 1.82) is 0 Å². The third-order valence-corrected chi connectivity index (χ3v) is 4.34. The van der Waals surface area contributed by atoms with Crippen LogP contribution < -0.4 is 10.1 Å². The number of rotatable bonds is 5. The van der Waals surface area contributed by atoms with Gasteiger partial charge < -0.3 is 10.1 Å². The molecule has 0 spiro atoms. The second kappa shape index (κ2) is 7.79. The topological polar surface area (TPSA) is 38.3 Å². The second-order valence-electron chi connectivity index (χ2n) is 4.98. The van der Waals surface area contributed by atoms with Crippen molar-refractivity contribution in [1.82, 2.24) is 5.32 Å². The van der Waals surface area contributed by atoms with Crippen molar-refractivity contribution in [2.75, 3.05) is 0 Å². The molecule has 1 amide bonds. The van der Waals surface area contributed by atoms with Gasteiger partial charge in [0, 0.05) is 4.47 Å². The van der Waals surface area contributed by atoms with Crippen molar-refractivity contribution in [2.24, 2.45) is 0 Å². The summed E-state index contributed by atoms with van der Waals surface area (Å²) >= 11 is 6.81. The SMILES string of the molecule is C[C@@H](Oc1ccc(Br)cc1Br)C(=O)N[C@H](C)c1ccccc1. The molecule has 0 saturated carbocycles. The maximum absolute atomic E-state index is 12.2. The van der Waals surface area contributed by atoms with Gasteiger partial charge in [-0.05, 0) is 53.5 Å². The zero-order chi connectivity index (χ0) is 16.1. The number of ether oxygens (including phenoxy) is 1. The van der Waals surface area contributed by atoms with Crippen LogP contribution in [0.15, 0.2) is 57.5 Å². The Kier molecular flexibility index (Phi) is 6.03. The van der Waals surface area contributed by atoms with Gasteiger partial charge in [0.25, 0.3) is 5.91 Å². The molecule has 2 aromatic carbocycles. The van der Waals surface area contributed by atoms with E-state index in [0.717, 1.165) is 14.5 Å². The fourth-order valence-corrected chi connectivity index (χ4v) is 3.11. The molecule has 0 unspecified atom stereocenters. The molecule has 0 aliphatic carbocycles. The van der Waals surface area contributed by atoms with Crippen molar-refractivity contribution in [3.8, 4) is 5.75 Å². The van der Waals surface area contributed by atoms with Gasteiger partial charge >= 0.3 is 0 Å². The summed E-state index contributed by atoms with van der Waals surface area (Å²) in [5.41, 5.74) is 1.06. The molecule has 0 aliphatic heterocycles. The highest BCUT2D eigenvalue weighted by molar-refractivity contribution is 9.11. The zero-order valence-corrected chi connectivity index (χ0v) is 15.5. The number of nitrogens with one attached hydrogen (secondary N) is 1. The van der Waals surface area contributed by atoms with Gasteiger partial charge in [-0.2, -0.15) is 0 Å². The molecule has 2 rings (SSSR count). The summed E-state index contributed by atoms with van der Waals surface area (Å²) in [5.74, 6) is 0.490. The summed E-state index contributed by atoms with van der Waals surface area (Å²) in [6, 6.07) is 15.3. The molecule has 0 saturated heterocycles. The molecule has 2 aromatic rings. The standard InChI is InChI=1S/C17H17Br2NO2/c1-11(13-6-4-3-5-7-13)20-17(21)12(2)22-16-9-8-14(18)10-15(16)19/h3-12H,1-2H3,(H,20,21)/t11-,12-/m1/s1. The monoisotopic (exact) mass is 425 g/mol. The number of halogens is 2. The van der Waals surface area contributed by atoms with E-state index >= 15 is 0 Å². The van der Waals surface area contributed by atoms with Crippen LogP contribution in [0.1, 0.15) is 25.5 Å². The minimum atomic E-state index is -0.580. The first kappa shape index (κ1) is 17.0. The lowest BCUT2D eigenvalue weighted by molar-refractivity contribution is -0.127. The number of hydrogen-bond acceptors (Lipinski definition) is 2. The third-order valence-electron chi connectivity index (χ3n) is 3.23. The smallest absolute Gasteiger partial charge is 0.261 e. The van der Waals surface area contributed by atoms with E-state index in [4.69, 9.17) is 4.74 Å². The Morgan fingerprint density at radius 2 is 1.77 bits per heavy atom. The van der Waals surface area contributed by atoms with E-state index in [-0.39, 0.29) is 11.9 Å². The van der Waals surface area contributed by atoms with E-state index in [2.05, 4.69) is 37.2 Å². The molecule has 0 aliphatic rings. The summed E-state index contributed by atoms with van der Waals surface area (Å²) < 4.78 is 7.47. The molecule has 0 fully saturated rings. The summed E-state index contributed by atoms with van der Waals surface area (Å²) in [5, 5.41) is 2.96. The van der Waals surface area contributed by atoms with Crippen molar-refractivity contribution >= 4 is 37.8 Å². The summed E-state index contributed by atoms with van der Waals surface area (Å²) in [4.78, 5) is 12.2. The maximum atomic E-state index is 12.2. The van der Waals surface area contributed by atoms with E-state index in [1.807, 2.05) is 55.5 Å². The first-order valence-corrected chi connectivity index (χ1v) is 8.53. The Balaban J connectivity index is 1.97. The molecule has 0 aromatic heterocycles. The van der Waals surface area contributed by atoms with Gasteiger partial charge in [0.05, 0.1) is 10.5 Å². The first-order valence-electron chi connectivity index (χ1n) is 6.94. The largest absolute Gasteiger partial charge is 0.480 e. The van der Waals surface area contributed by atoms with Crippen LogP contribution in [0, 0.1) is 0 Å². The van der Waals surface area contributed by atoms with Crippen LogP contribution in [0.2, 0.25) is 0 Å². The van der Waals surface area contributed by atoms with Crippen LogP contribution >= 0.6 is 31.9 Å². The Morgan fingerprint density at radius 1 is 1.09 bits per heavy atom. The predicted octanol–water partition coefficient (Wildman–Crippen LogP) is 4.86. The number of carbonyl (C=O) groups is 1. The van der Waals surface area contributed by atoms with Gasteiger partial charge in [0.15, 0.2) is 6.10 Å². The highest BCUT2D eigenvalue weighted by Crippen LogP contribution is 2.29. The van der Waals surface area contributed by atoms with Crippen molar-refractivity contribution in [3.05, 3.63) is 63.0 Å². The van der Waals surface area contributed by atoms with Crippen molar-refractivity contribution < 1.29 is 9.53 Å². The van der Waals surface area contributed by atoms with E-state index in [0.29, 0.717) is 5.75 Å². The number of benzene rings is 2. The normalized spacial score (nSPS) is 13.3. The molecular weight excluding hydrogens is 410 g/mol. The number of amides is 1. The van der Waals surface area contributed by atoms with E-state index < -0.39 is 6.10 Å². The molecule has 3 nitrogen and oxygen atoms in total. The van der Waals surface area contributed by atoms with Crippen LogP contribution in [0.25, 0.3) is 0 Å². The van der Waals surface area contributed by atoms with Crippen LogP contribution in [0.5, 0.6) is 5.75 Å². The number of hydrogen-bond donors (Lipinski definition) is 1. The fraction of sp³-hybridized carbons (Fsp3) is 0.235. The average Bonchev–Trinajstić information content (AvgIpc) is 2.50. The molecule has 116 valence electrons.